The number of ether oxygens (including phenoxy) is 1. The molecule has 0 aliphatic carbocycles. The monoisotopic (exact) mass is 356 g/mol. The molecule has 3 rings (SSSR count). The fourth-order valence-electron chi connectivity index (χ4n) is 2.77. The lowest BCUT2D eigenvalue weighted by Crippen LogP contribution is -2.06. The average molecular weight is 356 g/mol. The highest BCUT2D eigenvalue weighted by Gasteiger charge is 2.19. The Labute approximate surface area is 150 Å². The van der Waals surface area contributed by atoms with Crippen molar-refractivity contribution >= 4 is 27.4 Å². The number of benzene rings is 1. The van der Waals surface area contributed by atoms with E-state index in [2.05, 4.69) is 9.97 Å². The Hall–Kier alpha value is -2.47. The molecule has 1 aromatic carbocycles. The first-order valence-corrected chi connectivity index (χ1v) is 8.92. The molecule has 1 unspecified atom stereocenters. The first-order valence-electron chi connectivity index (χ1n) is 8.04. The number of aliphatic carboxylic acids is 1. The molecule has 0 aliphatic rings. The van der Waals surface area contributed by atoms with Crippen molar-refractivity contribution in [3.05, 3.63) is 51.9 Å². The first-order chi connectivity index (χ1) is 11.9. The molecule has 0 fully saturated rings. The van der Waals surface area contributed by atoms with Crippen molar-refractivity contribution in [1.82, 2.24) is 9.97 Å². The van der Waals surface area contributed by atoms with E-state index in [4.69, 9.17) is 4.74 Å². The number of carboxylic acids is 1. The number of fused-ring (bicyclic) bond motifs is 1. The number of rotatable bonds is 5. The summed E-state index contributed by atoms with van der Waals surface area (Å²) in [5.41, 5.74) is 4.44. The molecule has 0 saturated carbocycles. The van der Waals surface area contributed by atoms with Gasteiger partial charge in [-0.3, -0.25) is 14.8 Å². The van der Waals surface area contributed by atoms with Crippen LogP contribution >= 0.6 is 11.3 Å². The molecule has 6 heteroatoms. The standard InChI is InChI=1S/C19H20N2O3S/c1-10-7-20-16(13(4)21-10)8-24-17-6-5-14-15(11(2)19(22)23)9-25-18(14)12(17)3/h5-7,9,11H,8H2,1-4H3,(H,22,23). The summed E-state index contributed by atoms with van der Waals surface area (Å²) in [5, 5.41) is 12.2. The van der Waals surface area contributed by atoms with Gasteiger partial charge in [-0.2, -0.15) is 0 Å². The number of hydrogen-bond acceptors (Lipinski definition) is 5. The average Bonchev–Trinajstić information content (AvgIpc) is 2.99. The molecule has 0 radical (unpaired) electrons. The second-order valence-electron chi connectivity index (χ2n) is 6.15. The van der Waals surface area contributed by atoms with E-state index < -0.39 is 11.9 Å². The SMILES string of the molecule is Cc1cnc(COc2ccc3c(C(C)C(=O)O)csc3c2C)c(C)n1. The molecule has 2 heterocycles. The minimum absolute atomic E-state index is 0.356. The Bertz CT molecular complexity index is 949. The van der Waals surface area contributed by atoms with Crippen molar-refractivity contribution in [1.29, 1.82) is 0 Å². The third kappa shape index (κ3) is 3.35. The van der Waals surface area contributed by atoms with Crippen LogP contribution in [-0.4, -0.2) is 21.0 Å². The van der Waals surface area contributed by atoms with Crippen LogP contribution in [0.25, 0.3) is 10.1 Å². The topological polar surface area (TPSA) is 72.3 Å². The lowest BCUT2D eigenvalue weighted by Gasteiger charge is -2.12. The third-order valence-corrected chi connectivity index (χ3v) is 5.47. The second kappa shape index (κ2) is 6.80. The number of aryl methyl sites for hydroxylation is 3. The van der Waals surface area contributed by atoms with Gasteiger partial charge in [-0.05, 0) is 56.2 Å². The number of carboxylic acid groups (broad SMARTS) is 1. The second-order valence-corrected chi connectivity index (χ2v) is 7.03. The van der Waals surface area contributed by atoms with Gasteiger partial charge in [0.25, 0.3) is 0 Å². The quantitative estimate of drug-likeness (QED) is 0.734. The fraction of sp³-hybridized carbons (Fsp3) is 0.316. The molecule has 0 aliphatic heterocycles. The molecular weight excluding hydrogens is 336 g/mol. The van der Waals surface area contributed by atoms with Gasteiger partial charge in [0.05, 0.1) is 23.0 Å². The van der Waals surface area contributed by atoms with Gasteiger partial charge >= 0.3 is 5.97 Å². The molecule has 3 aromatic rings. The van der Waals surface area contributed by atoms with Crippen LogP contribution < -0.4 is 4.74 Å². The van der Waals surface area contributed by atoms with Crippen molar-refractivity contribution in [2.75, 3.05) is 0 Å². The van der Waals surface area contributed by atoms with E-state index in [1.165, 1.54) is 0 Å². The molecule has 1 atom stereocenters. The minimum Gasteiger partial charge on any atom is -0.487 e. The van der Waals surface area contributed by atoms with Crippen molar-refractivity contribution in [3.8, 4) is 5.75 Å². The summed E-state index contributed by atoms with van der Waals surface area (Å²) >= 11 is 1.56. The molecular formula is C19H20N2O3S. The summed E-state index contributed by atoms with van der Waals surface area (Å²) in [6.45, 7) is 7.90. The molecule has 2 aromatic heterocycles. The zero-order valence-corrected chi connectivity index (χ0v) is 15.5. The van der Waals surface area contributed by atoms with Gasteiger partial charge in [0.2, 0.25) is 0 Å². The van der Waals surface area contributed by atoms with Crippen molar-refractivity contribution < 1.29 is 14.6 Å². The zero-order chi connectivity index (χ0) is 18.1. The smallest absolute Gasteiger partial charge is 0.310 e. The van der Waals surface area contributed by atoms with Crippen LogP contribution in [0.5, 0.6) is 5.75 Å². The van der Waals surface area contributed by atoms with Crippen LogP contribution in [0.3, 0.4) is 0 Å². The molecule has 130 valence electrons. The van der Waals surface area contributed by atoms with E-state index in [-0.39, 0.29) is 0 Å². The molecule has 25 heavy (non-hydrogen) atoms. The van der Waals surface area contributed by atoms with E-state index in [1.54, 1.807) is 24.5 Å². The Morgan fingerprint density at radius 1 is 1.32 bits per heavy atom. The lowest BCUT2D eigenvalue weighted by molar-refractivity contribution is -0.138. The summed E-state index contributed by atoms with van der Waals surface area (Å²) in [6.07, 6.45) is 1.74. The Morgan fingerprint density at radius 2 is 2.08 bits per heavy atom. The molecule has 0 amide bonds. The predicted molar refractivity (Wildman–Crippen MR) is 98.5 cm³/mol. The number of thiophene rings is 1. The van der Waals surface area contributed by atoms with Crippen molar-refractivity contribution in [2.45, 2.75) is 40.2 Å². The van der Waals surface area contributed by atoms with Gasteiger partial charge in [-0.15, -0.1) is 11.3 Å². The molecule has 5 nitrogen and oxygen atoms in total. The Balaban J connectivity index is 1.88. The largest absolute Gasteiger partial charge is 0.487 e. The summed E-state index contributed by atoms with van der Waals surface area (Å²) in [4.78, 5) is 20.1. The number of hydrogen-bond donors (Lipinski definition) is 1. The zero-order valence-electron chi connectivity index (χ0n) is 14.7. The summed E-state index contributed by atoms with van der Waals surface area (Å²) in [7, 11) is 0. The van der Waals surface area contributed by atoms with E-state index in [0.717, 1.165) is 44.0 Å². The van der Waals surface area contributed by atoms with Gasteiger partial charge < -0.3 is 9.84 Å². The molecule has 0 saturated heterocycles. The molecule has 1 N–H and O–H groups in total. The van der Waals surface area contributed by atoms with Gasteiger partial charge in [0, 0.05) is 16.5 Å². The number of nitrogens with zero attached hydrogens (tertiary/aromatic N) is 2. The van der Waals surface area contributed by atoms with E-state index in [0.29, 0.717) is 6.61 Å². The van der Waals surface area contributed by atoms with Crippen molar-refractivity contribution in [3.63, 3.8) is 0 Å². The van der Waals surface area contributed by atoms with E-state index >= 15 is 0 Å². The van der Waals surface area contributed by atoms with Gasteiger partial charge in [-0.25, -0.2) is 0 Å². The van der Waals surface area contributed by atoms with Crippen LogP contribution in [0.4, 0.5) is 0 Å². The minimum atomic E-state index is -0.814. The predicted octanol–water partition coefficient (Wildman–Crippen LogP) is 4.38. The van der Waals surface area contributed by atoms with Crippen LogP contribution in [0.15, 0.2) is 23.7 Å². The number of carbonyl (C=O) groups is 1. The fourth-order valence-corrected chi connectivity index (χ4v) is 3.94. The van der Waals surface area contributed by atoms with Crippen LogP contribution in [-0.2, 0) is 11.4 Å². The lowest BCUT2D eigenvalue weighted by atomic mass is 9.99. The van der Waals surface area contributed by atoms with Gasteiger partial charge in [-0.1, -0.05) is 0 Å². The van der Waals surface area contributed by atoms with Crippen molar-refractivity contribution in [2.24, 2.45) is 0 Å². The Kier molecular flexibility index (Phi) is 4.72. The maximum Gasteiger partial charge on any atom is 0.310 e. The summed E-state index contributed by atoms with van der Waals surface area (Å²) in [6, 6.07) is 3.84. The van der Waals surface area contributed by atoms with E-state index in [9.17, 15) is 9.90 Å². The van der Waals surface area contributed by atoms with Gasteiger partial charge in [0.15, 0.2) is 0 Å². The van der Waals surface area contributed by atoms with Crippen LogP contribution in [0.1, 0.15) is 41.1 Å². The van der Waals surface area contributed by atoms with Crippen LogP contribution in [0, 0.1) is 20.8 Å². The first kappa shape index (κ1) is 17.4. The summed E-state index contributed by atoms with van der Waals surface area (Å²) < 4.78 is 7.02. The maximum atomic E-state index is 11.3. The molecule has 0 bridgehead atoms. The highest BCUT2D eigenvalue weighted by Crippen LogP contribution is 2.37. The Morgan fingerprint density at radius 3 is 2.76 bits per heavy atom. The van der Waals surface area contributed by atoms with Crippen LogP contribution in [0.2, 0.25) is 0 Å². The molecule has 0 spiro atoms. The maximum absolute atomic E-state index is 11.3. The highest BCUT2D eigenvalue weighted by molar-refractivity contribution is 7.17. The number of aromatic nitrogens is 2. The van der Waals surface area contributed by atoms with Gasteiger partial charge in [0.1, 0.15) is 12.4 Å². The highest BCUT2D eigenvalue weighted by atomic mass is 32.1. The normalized spacial score (nSPS) is 12.3. The third-order valence-electron chi connectivity index (χ3n) is 4.34. The summed E-state index contributed by atoms with van der Waals surface area (Å²) in [5.74, 6) is -0.554. The van der Waals surface area contributed by atoms with E-state index in [1.807, 2.05) is 38.3 Å².